The summed E-state index contributed by atoms with van der Waals surface area (Å²) in [5, 5.41) is 5.60. The maximum atomic E-state index is 12.1. The van der Waals surface area contributed by atoms with Crippen molar-refractivity contribution in [1.82, 2.24) is 0 Å². The molecule has 7 heteroatoms. The third-order valence-electron chi connectivity index (χ3n) is 3.79. The van der Waals surface area contributed by atoms with Crippen molar-refractivity contribution >= 4 is 35.0 Å². The van der Waals surface area contributed by atoms with E-state index in [1.165, 1.54) is 24.4 Å². The molecule has 0 atom stereocenters. The second kappa shape index (κ2) is 10.5. The predicted molar refractivity (Wildman–Crippen MR) is 110 cm³/mol. The van der Waals surface area contributed by atoms with Gasteiger partial charge in [-0.25, -0.2) is 0 Å². The SMILES string of the molecule is CCc1ccc(NC(=O)CSCC(=O)Nc2cc(OC)ccc2OC)cc1. The summed E-state index contributed by atoms with van der Waals surface area (Å²) in [5.41, 5.74) is 2.50. The van der Waals surface area contributed by atoms with Gasteiger partial charge in [-0.1, -0.05) is 19.1 Å². The van der Waals surface area contributed by atoms with Gasteiger partial charge in [0.25, 0.3) is 0 Å². The highest BCUT2D eigenvalue weighted by Gasteiger charge is 2.10. The molecule has 0 spiro atoms. The fourth-order valence-electron chi connectivity index (χ4n) is 2.36. The van der Waals surface area contributed by atoms with E-state index in [2.05, 4.69) is 17.6 Å². The second-order valence-corrected chi connectivity index (χ2v) is 6.69. The molecule has 0 saturated heterocycles. The number of rotatable bonds is 9. The van der Waals surface area contributed by atoms with Gasteiger partial charge in [0.05, 0.1) is 31.4 Å². The Morgan fingerprint density at radius 3 is 2.19 bits per heavy atom. The monoisotopic (exact) mass is 388 g/mol. The fourth-order valence-corrected chi connectivity index (χ4v) is 2.97. The molecule has 0 aliphatic rings. The molecule has 0 bridgehead atoms. The molecule has 144 valence electrons. The first-order valence-corrected chi connectivity index (χ1v) is 9.69. The predicted octanol–water partition coefficient (Wildman–Crippen LogP) is 3.58. The molecule has 6 nitrogen and oxygen atoms in total. The van der Waals surface area contributed by atoms with Crippen LogP contribution >= 0.6 is 11.8 Å². The summed E-state index contributed by atoms with van der Waals surface area (Å²) in [5.74, 6) is 1.15. The van der Waals surface area contributed by atoms with Crippen LogP contribution in [0.3, 0.4) is 0 Å². The summed E-state index contributed by atoms with van der Waals surface area (Å²) in [4.78, 5) is 24.1. The van der Waals surface area contributed by atoms with Crippen LogP contribution in [0.4, 0.5) is 11.4 Å². The molecule has 0 aliphatic heterocycles. The van der Waals surface area contributed by atoms with Crippen molar-refractivity contribution in [1.29, 1.82) is 0 Å². The van der Waals surface area contributed by atoms with Crippen molar-refractivity contribution in [3.8, 4) is 11.5 Å². The number of aryl methyl sites for hydroxylation is 1. The van der Waals surface area contributed by atoms with E-state index in [1.54, 1.807) is 25.3 Å². The van der Waals surface area contributed by atoms with E-state index in [0.717, 1.165) is 12.1 Å². The summed E-state index contributed by atoms with van der Waals surface area (Å²) >= 11 is 1.24. The Labute approximate surface area is 163 Å². The van der Waals surface area contributed by atoms with Gasteiger partial charge in [-0.05, 0) is 36.2 Å². The standard InChI is InChI=1S/C20H24N2O4S/c1-4-14-5-7-15(8-6-14)21-19(23)12-27-13-20(24)22-17-11-16(25-2)9-10-18(17)26-3/h5-11H,4,12-13H2,1-3H3,(H,21,23)(H,22,24). The molecule has 2 N–H and O–H groups in total. The average Bonchev–Trinajstić information content (AvgIpc) is 2.68. The zero-order valence-electron chi connectivity index (χ0n) is 15.7. The first kappa shape index (κ1) is 20.6. The van der Waals surface area contributed by atoms with Gasteiger partial charge in [-0.15, -0.1) is 11.8 Å². The Morgan fingerprint density at radius 1 is 0.926 bits per heavy atom. The minimum atomic E-state index is -0.216. The zero-order chi connectivity index (χ0) is 19.6. The lowest BCUT2D eigenvalue weighted by Crippen LogP contribution is -2.18. The van der Waals surface area contributed by atoms with Gasteiger partial charge in [0.1, 0.15) is 11.5 Å². The molecule has 2 rings (SSSR count). The lowest BCUT2D eigenvalue weighted by Gasteiger charge is -2.11. The van der Waals surface area contributed by atoms with Crippen molar-refractivity contribution in [2.75, 3.05) is 36.4 Å². The fraction of sp³-hybridized carbons (Fsp3) is 0.300. The zero-order valence-corrected chi connectivity index (χ0v) is 16.5. The van der Waals surface area contributed by atoms with E-state index in [4.69, 9.17) is 9.47 Å². The van der Waals surface area contributed by atoms with Crippen molar-refractivity contribution < 1.29 is 19.1 Å². The summed E-state index contributed by atoms with van der Waals surface area (Å²) in [7, 11) is 3.08. The topological polar surface area (TPSA) is 76.7 Å². The van der Waals surface area contributed by atoms with Crippen LogP contribution in [0.1, 0.15) is 12.5 Å². The van der Waals surface area contributed by atoms with Crippen molar-refractivity contribution in [3.63, 3.8) is 0 Å². The number of nitrogens with one attached hydrogen (secondary N) is 2. The van der Waals surface area contributed by atoms with Crippen LogP contribution in [-0.4, -0.2) is 37.5 Å². The highest BCUT2D eigenvalue weighted by molar-refractivity contribution is 8.00. The van der Waals surface area contributed by atoms with E-state index < -0.39 is 0 Å². The van der Waals surface area contributed by atoms with Gasteiger partial charge in [0.2, 0.25) is 11.8 Å². The van der Waals surface area contributed by atoms with Gasteiger partial charge in [-0.3, -0.25) is 9.59 Å². The Balaban J connectivity index is 1.79. The summed E-state index contributed by atoms with van der Waals surface area (Å²) in [6.07, 6.45) is 0.956. The second-order valence-electron chi connectivity index (χ2n) is 5.71. The molecular formula is C20H24N2O4S. The van der Waals surface area contributed by atoms with Crippen LogP contribution in [-0.2, 0) is 16.0 Å². The number of ether oxygens (including phenoxy) is 2. The molecule has 0 saturated carbocycles. The number of carbonyl (C=O) groups excluding carboxylic acids is 2. The third kappa shape index (κ3) is 6.53. The van der Waals surface area contributed by atoms with Gasteiger partial charge < -0.3 is 20.1 Å². The summed E-state index contributed by atoms with van der Waals surface area (Å²) in [6.45, 7) is 2.08. The van der Waals surface area contributed by atoms with Crippen LogP contribution < -0.4 is 20.1 Å². The highest BCUT2D eigenvalue weighted by atomic mass is 32.2. The Morgan fingerprint density at radius 2 is 1.59 bits per heavy atom. The largest absolute Gasteiger partial charge is 0.497 e. The molecule has 2 aromatic carbocycles. The van der Waals surface area contributed by atoms with Crippen molar-refractivity contribution in [2.24, 2.45) is 0 Å². The van der Waals surface area contributed by atoms with E-state index >= 15 is 0 Å². The number of hydrogen-bond acceptors (Lipinski definition) is 5. The van der Waals surface area contributed by atoms with Gasteiger partial charge >= 0.3 is 0 Å². The van der Waals surface area contributed by atoms with Gasteiger partial charge in [0, 0.05) is 11.8 Å². The number of amides is 2. The normalized spacial score (nSPS) is 10.2. The third-order valence-corrected chi connectivity index (χ3v) is 4.73. The minimum Gasteiger partial charge on any atom is -0.497 e. The Bertz CT molecular complexity index is 778. The number of methoxy groups -OCH3 is 2. The molecular weight excluding hydrogens is 364 g/mol. The highest BCUT2D eigenvalue weighted by Crippen LogP contribution is 2.28. The van der Waals surface area contributed by atoms with Crippen LogP contribution in [0, 0.1) is 0 Å². The van der Waals surface area contributed by atoms with E-state index in [9.17, 15) is 9.59 Å². The van der Waals surface area contributed by atoms with Gasteiger partial charge in [0.15, 0.2) is 0 Å². The number of hydrogen-bond donors (Lipinski definition) is 2. The van der Waals surface area contributed by atoms with E-state index in [0.29, 0.717) is 17.2 Å². The van der Waals surface area contributed by atoms with Crippen LogP contribution in [0.25, 0.3) is 0 Å². The summed E-state index contributed by atoms with van der Waals surface area (Å²) in [6, 6.07) is 12.9. The van der Waals surface area contributed by atoms with Crippen LogP contribution in [0.15, 0.2) is 42.5 Å². The average molecular weight is 388 g/mol. The number of carbonyl (C=O) groups is 2. The Kier molecular flexibility index (Phi) is 8.00. The minimum absolute atomic E-state index is 0.143. The number of anilines is 2. The molecule has 0 aliphatic carbocycles. The molecule has 0 fully saturated rings. The molecule has 0 unspecified atom stereocenters. The van der Waals surface area contributed by atoms with E-state index in [1.807, 2.05) is 24.3 Å². The van der Waals surface area contributed by atoms with Crippen molar-refractivity contribution in [3.05, 3.63) is 48.0 Å². The lowest BCUT2D eigenvalue weighted by molar-refractivity contribution is -0.114. The van der Waals surface area contributed by atoms with Gasteiger partial charge in [-0.2, -0.15) is 0 Å². The van der Waals surface area contributed by atoms with Crippen molar-refractivity contribution in [2.45, 2.75) is 13.3 Å². The molecule has 0 radical (unpaired) electrons. The maximum Gasteiger partial charge on any atom is 0.234 e. The molecule has 2 aromatic rings. The first-order chi connectivity index (χ1) is 13.0. The number of benzene rings is 2. The smallest absolute Gasteiger partial charge is 0.234 e. The van der Waals surface area contributed by atoms with Crippen LogP contribution in [0.2, 0.25) is 0 Å². The Hall–Kier alpha value is -2.67. The van der Waals surface area contributed by atoms with E-state index in [-0.39, 0.29) is 23.3 Å². The lowest BCUT2D eigenvalue weighted by atomic mass is 10.1. The molecule has 2 amide bonds. The van der Waals surface area contributed by atoms with Crippen LogP contribution in [0.5, 0.6) is 11.5 Å². The summed E-state index contributed by atoms with van der Waals surface area (Å²) < 4.78 is 10.4. The molecule has 0 aromatic heterocycles. The molecule has 27 heavy (non-hydrogen) atoms. The molecule has 0 heterocycles. The quantitative estimate of drug-likeness (QED) is 0.687. The maximum absolute atomic E-state index is 12.1. The number of thioether (sulfide) groups is 1. The first-order valence-electron chi connectivity index (χ1n) is 8.54.